The van der Waals surface area contributed by atoms with E-state index in [1.807, 2.05) is 23.8 Å². The van der Waals surface area contributed by atoms with Gasteiger partial charge in [0.15, 0.2) is 24.1 Å². The van der Waals surface area contributed by atoms with E-state index in [-0.39, 0.29) is 39.9 Å². The number of phenolic OH excluding ortho intramolecular Hbond substituents is 1. The van der Waals surface area contributed by atoms with Crippen LogP contribution in [0.1, 0.15) is 46.0 Å². The molecule has 47 heavy (non-hydrogen) atoms. The van der Waals surface area contributed by atoms with Gasteiger partial charge >= 0.3 is 0 Å². The summed E-state index contributed by atoms with van der Waals surface area (Å²) in [5.74, 6) is 0.495. The lowest BCUT2D eigenvalue weighted by Crippen LogP contribution is -2.47. The predicted octanol–water partition coefficient (Wildman–Crippen LogP) is 4.65. The first-order chi connectivity index (χ1) is 22.7. The zero-order valence-corrected chi connectivity index (χ0v) is 27.8. The van der Waals surface area contributed by atoms with Crippen molar-refractivity contribution in [2.45, 2.75) is 26.3 Å². The van der Waals surface area contributed by atoms with Gasteiger partial charge in [-0.2, -0.15) is 4.39 Å². The number of piperazine rings is 1. The number of hydrogen-bond donors (Lipinski definition) is 1. The number of aldehydes is 2. The molecular weight excluding hydrogens is 631 g/mol. The average molecular weight is 671 g/mol. The highest BCUT2D eigenvalue weighted by Gasteiger charge is 2.28. The van der Waals surface area contributed by atoms with Gasteiger partial charge < -0.3 is 33.7 Å². The Morgan fingerprint density at radius 1 is 1.06 bits per heavy atom. The smallest absolute Gasteiger partial charge is 0.233 e. The number of anilines is 1. The molecule has 0 aliphatic carbocycles. The number of likely N-dealkylation sites (tertiary alicyclic amines) is 1. The SMILES string of the molecule is CCOCCN1CCN(c2cc(Cn3cc(-c4cc(C=O)c(O)c(OC)c4OC)c(C=O)c3N=C3CCCN3C)c(Cl)c(F)n2)CC1. The van der Waals surface area contributed by atoms with E-state index in [1.165, 1.54) is 20.3 Å². The molecule has 0 radical (unpaired) electrons. The Labute approximate surface area is 278 Å². The van der Waals surface area contributed by atoms with Crippen LogP contribution in [0.4, 0.5) is 16.0 Å². The standard InChI is InChI=1S/C33H40ClFN6O6/c1-5-47-14-13-39-9-11-40(12-10-39)27-16-21(28(34)32(35)36-27)17-41-18-24(25(20-43)33(41)37-26-7-6-8-38(26)2)23-15-22(19-42)29(44)31(46-4)30(23)45-3/h15-16,18-20,44H,5-14,17H2,1-4H3. The number of nitrogens with zero attached hydrogens (tertiary/aromatic N) is 6. The van der Waals surface area contributed by atoms with Crippen molar-refractivity contribution in [3.05, 3.63) is 46.0 Å². The molecule has 0 unspecified atom stereocenters. The summed E-state index contributed by atoms with van der Waals surface area (Å²) in [6, 6.07) is 3.20. The molecule has 1 N–H and O–H groups in total. The summed E-state index contributed by atoms with van der Waals surface area (Å²) in [6.07, 6.45) is 4.49. The number of amidine groups is 1. The van der Waals surface area contributed by atoms with Crippen molar-refractivity contribution < 1.29 is 33.3 Å². The third-order valence-corrected chi connectivity index (χ3v) is 9.01. The molecule has 2 aromatic heterocycles. The molecule has 0 atom stereocenters. The Morgan fingerprint density at radius 2 is 1.81 bits per heavy atom. The van der Waals surface area contributed by atoms with Crippen molar-refractivity contribution in [2.75, 3.05) is 78.6 Å². The van der Waals surface area contributed by atoms with Gasteiger partial charge in [-0.05, 0) is 31.0 Å². The van der Waals surface area contributed by atoms with Crippen LogP contribution >= 0.6 is 11.6 Å². The van der Waals surface area contributed by atoms with Crippen molar-refractivity contribution in [3.63, 3.8) is 0 Å². The number of aromatic nitrogens is 2. The van der Waals surface area contributed by atoms with E-state index in [1.54, 1.807) is 16.8 Å². The van der Waals surface area contributed by atoms with Crippen LogP contribution in [0.25, 0.3) is 11.1 Å². The highest BCUT2D eigenvalue weighted by Crippen LogP contribution is 2.48. The van der Waals surface area contributed by atoms with Gasteiger partial charge in [0.25, 0.3) is 0 Å². The third-order valence-electron chi connectivity index (χ3n) is 8.61. The van der Waals surface area contributed by atoms with E-state index in [0.717, 1.165) is 38.4 Å². The second kappa shape index (κ2) is 15.1. The molecule has 12 nitrogen and oxygen atoms in total. The molecule has 0 spiro atoms. The molecule has 2 saturated heterocycles. The van der Waals surface area contributed by atoms with Gasteiger partial charge in [0.05, 0.1) is 38.5 Å². The van der Waals surface area contributed by atoms with Gasteiger partial charge in [-0.3, -0.25) is 14.5 Å². The number of aliphatic imine (C=N–C) groups is 1. The molecule has 3 aromatic rings. The Kier molecular flexibility index (Phi) is 11.0. The molecule has 0 saturated carbocycles. The van der Waals surface area contributed by atoms with Gasteiger partial charge in [-0.25, -0.2) is 9.98 Å². The topological polar surface area (TPSA) is 122 Å². The summed E-state index contributed by atoms with van der Waals surface area (Å²) in [5, 5.41) is 10.5. The number of ether oxygens (including phenoxy) is 3. The van der Waals surface area contributed by atoms with Gasteiger partial charge in [0.1, 0.15) is 22.5 Å². The molecule has 2 aliphatic heterocycles. The maximum atomic E-state index is 15.3. The van der Waals surface area contributed by atoms with Gasteiger partial charge in [-0.1, -0.05) is 11.6 Å². The van der Waals surface area contributed by atoms with Gasteiger partial charge in [-0.15, -0.1) is 0 Å². The van der Waals surface area contributed by atoms with E-state index >= 15 is 4.39 Å². The van der Waals surface area contributed by atoms with Crippen molar-refractivity contribution in [1.29, 1.82) is 0 Å². The number of halogens is 2. The van der Waals surface area contributed by atoms with Crippen LogP contribution in [0.2, 0.25) is 5.02 Å². The molecule has 0 amide bonds. The van der Waals surface area contributed by atoms with Crippen molar-refractivity contribution in [2.24, 2.45) is 4.99 Å². The van der Waals surface area contributed by atoms with E-state index in [9.17, 15) is 14.7 Å². The first kappa shape index (κ1) is 34.1. The number of pyridine rings is 1. The minimum absolute atomic E-state index is 0.0486. The Hall–Kier alpha value is -4.20. The van der Waals surface area contributed by atoms with E-state index in [0.29, 0.717) is 73.6 Å². The normalized spacial score (nSPS) is 16.3. The molecular formula is C33H40ClFN6O6. The van der Waals surface area contributed by atoms with Crippen molar-refractivity contribution >= 4 is 41.6 Å². The summed E-state index contributed by atoms with van der Waals surface area (Å²) in [7, 11) is 4.67. The lowest BCUT2D eigenvalue weighted by Gasteiger charge is -2.35. The fourth-order valence-corrected chi connectivity index (χ4v) is 6.22. The van der Waals surface area contributed by atoms with Crippen LogP contribution in [0.15, 0.2) is 23.3 Å². The number of benzene rings is 1. The summed E-state index contributed by atoms with van der Waals surface area (Å²) >= 11 is 6.53. The third kappa shape index (κ3) is 7.07. The molecule has 2 aliphatic rings. The molecule has 5 rings (SSSR count). The molecule has 1 aromatic carbocycles. The summed E-state index contributed by atoms with van der Waals surface area (Å²) in [4.78, 5) is 40.1. The average Bonchev–Trinajstić information content (AvgIpc) is 3.65. The van der Waals surface area contributed by atoms with Crippen molar-refractivity contribution in [3.8, 4) is 28.4 Å². The zero-order valence-electron chi connectivity index (χ0n) is 27.1. The molecule has 4 heterocycles. The summed E-state index contributed by atoms with van der Waals surface area (Å²) < 4.78 is 33.5. The van der Waals surface area contributed by atoms with Crippen LogP contribution < -0.4 is 14.4 Å². The van der Waals surface area contributed by atoms with Crippen LogP contribution in [0.3, 0.4) is 0 Å². The predicted molar refractivity (Wildman–Crippen MR) is 178 cm³/mol. The van der Waals surface area contributed by atoms with Crippen LogP contribution in [0.5, 0.6) is 17.2 Å². The van der Waals surface area contributed by atoms with E-state index in [2.05, 4.69) is 9.88 Å². The molecule has 2 fully saturated rings. The second-order valence-electron chi connectivity index (χ2n) is 11.4. The molecule has 14 heteroatoms. The number of rotatable bonds is 13. The Balaban J connectivity index is 1.58. The lowest BCUT2D eigenvalue weighted by molar-refractivity contribution is 0.111. The minimum Gasteiger partial charge on any atom is -0.504 e. The fourth-order valence-electron chi connectivity index (χ4n) is 6.06. The fraction of sp³-hybridized carbons (Fsp3) is 0.455. The minimum atomic E-state index is -0.787. The number of aromatic hydroxyl groups is 1. The van der Waals surface area contributed by atoms with Crippen LogP contribution in [-0.2, 0) is 11.3 Å². The number of carbonyl (C=O) groups excluding carboxylic acids is 2. The van der Waals surface area contributed by atoms with Gasteiger partial charge in [0, 0.05) is 76.7 Å². The van der Waals surface area contributed by atoms with Crippen LogP contribution in [-0.4, -0.2) is 117 Å². The Morgan fingerprint density at radius 3 is 2.43 bits per heavy atom. The zero-order chi connectivity index (χ0) is 33.7. The maximum absolute atomic E-state index is 15.3. The number of hydrogen-bond acceptors (Lipinski definition) is 10. The first-order valence-corrected chi connectivity index (χ1v) is 15.9. The largest absolute Gasteiger partial charge is 0.504 e. The molecule has 0 bridgehead atoms. The first-order valence-electron chi connectivity index (χ1n) is 15.5. The summed E-state index contributed by atoms with van der Waals surface area (Å²) in [6.45, 7) is 7.92. The van der Waals surface area contributed by atoms with E-state index in [4.69, 9.17) is 30.8 Å². The van der Waals surface area contributed by atoms with Gasteiger partial charge in [0.2, 0.25) is 11.7 Å². The van der Waals surface area contributed by atoms with Crippen LogP contribution in [0, 0.1) is 5.95 Å². The second-order valence-corrected chi connectivity index (χ2v) is 11.8. The van der Waals surface area contributed by atoms with Crippen molar-refractivity contribution in [1.82, 2.24) is 19.4 Å². The Bertz CT molecular complexity index is 1660. The lowest BCUT2D eigenvalue weighted by atomic mass is 9.99. The summed E-state index contributed by atoms with van der Waals surface area (Å²) in [5.41, 5.74) is 1.34. The number of phenols is 1. The highest BCUT2D eigenvalue weighted by atomic mass is 35.5. The van der Waals surface area contributed by atoms with E-state index < -0.39 is 5.95 Å². The monoisotopic (exact) mass is 670 g/mol. The number of methoxy groups -OCH3 is 2. The quantitative estimate of drug-likeness (QED) is 0.156. The maximum Gasteiger partial charge on any atom is 0.233 e. The number of carbonyl (C=O) groups is 2. The highest BCUT2D eigenvalue weighted by molar-refractivity contribution is 6.31. The molecule has 252 valence electrons.